The minimum atomic E-state index is -0.911. The molecule has 0 bridgehead atoms. The van der Waals surface area contributed by atoms with Crippen LogP contribution in [0.15, 0.2) is 24.3 Å². The lowest BCUT2D eigenvalue weighted by atomic mass is 9.91. The second-order valence-corrected chi connectivity index (χ2v) is 4.38. The number of hydrogen-bond donors (Lipinski definition) is 1. The molecule has 0 aromatic carbocycles. The highest BCUT2D eigenvalue weighted by Gasteiger charge is 2.41. The maximum atomic E-state index is 11.2. The van der Waals surface area contributed by atoms with Crippen molar-refractivity contribution in [2.45, 2.75) is 12.0 Å². The molecule has 1 saturated heterocycles. The van der Waals surface area contributed by atoms with Gasteiger partial charge in [-0.15, -0.1) is 0 Å². The molecular weight excluding hydrogens is 206 g/mol. The second kappa shape index (κ2) is 4.76. The van der Waals surface area contributed by atoms with Crippen molar-refractivity contribution in [2.24, 2.45) is 0 Å². The highest BCUT2D eigenvalue weighted by Crippen LogP contribution is 2.23. The third-order valence-electron chi connectivity index (χ3n) is 3.20. The van der Waals surface area contributed by atoms with Crippen LogP contribution in [0.5, 0.6) is 0 Å². The van der Waals surface area contributed by atoms with Crippen molar-refractivity contribution in [3.63, 3.8) is 0 Å². The minimum absolute atomic E-state index is 0.144. The largest absolute Gasteiger partial charge is 0.314 e. The Kier molecular flexibility index (Phi) is 3.36. The van der Waals surface area contributed by atoms with Crippen molar-refractivity contribution in [3.8, 4) is 0 Å². The van der Waals surface area contributed by atoms with Gasteiger partial charge in [0.1, 0.15) is 0 Å². The molecule has 1 aliphatic carbocycles. The van der Waals surface area contributed by atoms with E-state index in [0.717, 1.165) is 26.2 Å². The van der Waals surface area contributed by atoms with E-state index in [-0.39, 0.29) is 4.92 Å². The van der Waals surface area contributed by atoms with Gasteiger partial charge in [-0.3, -0.25) is 15.0 Å². The van der Waals surface area contributed by atoms with Crippen LogP contribution in [0, 0.1) is 10.1 Å². The lowest BCUT2D eigenvalue weighted by Crippen LogP contribution is -2.53. The zero-order valence-corrected chi connectivity index (χ0v) is 9.26. The van der Waals surface area contributed by atoms with Crippen molar-refractivity contribution >= 4 is 0 Å². The molecule has 88 valence electrons. The van der Waals surface area contributed by atoms with Gasteiger partial charge < -0.3 is 5.32 Å². The van der Waals surface area contributed by atoms with Gasteiger partial charge in [-0.1, -0.05) is 18.2 Å². The number of piperazine rings is 1. The molecule has 0 aromatic heterocycles. The molecule has 1 fully saturated rings. The van der Waals surface area contributed by atoms with E-state index in [1.165, 1.54) is 0 Å². The van der Waals surface area contributed by atoms with Crippen LogP contribution >= 0.6 is 0 Å². The van der Waals surface area contributed by atoms with E-state index < -0.39 is 5.54 Å². The Morgan fingerprint density at radius 3 is 2.69 bits per heavy atom. The molecule has 2 aliphatic rings. The molecule has 0 spiro atoms. The first-order valence-electron chi connectivity index (χ1n) is 5.65. The van der Waals surface area contributed by atoms with Gasteiger partial charge in [0.25, 0.3) is 5.54 Å². The monoisotopic (exact) mass is 223 g/mol. The highest BCUT2D eigenvalue weighted by atomic mass is 16.6. The topological polar surface area (TPSA) is 58.4 Å². The Labute approximate surface area is 95.0 Å². The van der Waals surface area contributed by atoms with Crippen molar-refractivity contribution in [1.82, 2.24) is 10.2 Å². The van der Waals surface area contributed by atoms with Gasteiger partial charge in [-0.05, 0) is 6.08 Å². The van der Waals surface area contributed by atoms with Gasteiger partial charge in [-0.25, -0.2) is 0 Å². The fourth-order valence-corrected chi connectivity index (χ4v) is 2.22. The fourth-order valence-electron chi connectivity index (χ4n) is 2.22. The summed E-state index contributed by atoms with van der Waals surface area (Å²) in [6.07, 6.45) is 7.77. The summed E-state index contributed by atoms with van der Waals surface area (Å²) in [6, 6.07) is 0. The van der Waals surface area contributed by atoms with Crippen LogP contribution in [0.3, 0.4) is 0 Å². The predicted molar refractivity (Wildman–Crippen MR) is 61.9 cm³/mol. The fraction of sp³-hybridized carbons (Fsp3) is 0.636. The van der Waals surface area contributed by atoms with E-state index >= 15 is 0 Å². The molecule has 0 aromatic rings. The third kappa shape index (κ3) is 2.31. The maximum absolute atomic E-state index is 11.2. The van der Waals surface area contributed by atoms with E-state index in [1.807, 2.05) is 12.2 Å². The Morgan fingerprint density at radius 2 is 2.12 bits per heavy atom. The first kappa shape index (κ1) is 11.3. The molecule has 1 unspecified atom stereocenters. The average molecular weight is 223 g/mol. The van der Waals surface area contributed by atoms with Crippen LogP contribution in [-0.4, -0.2) is 48.1 Å². The smallest absolute Gasteiger partial charge is 0.256 e. The standard InChI is InChI=1S/C11H17N3O2/c15-14(16)11(4-2-1-3-5-11)10-13-8-6-12-7-9-13/h1-4,12H,5-10H2. The lowest BCUT2D eigenvalue weighted by Gasteiger charge is -2.32. The van der Waals surface area contributed by atoms with Crippen LogP contribution in [0.4, 0.5) is 0 Å². The lowest BCUT2D eigenvalue weighted by molar-refractivity contribution is -0.555. The molecule has 0 amide bonds. The SMILES string of the molecule is O=[N+]([O-])C1(CN2CCNCC2)C=CC=CC1. The molecular formula is C11H17N3O2. The number of hydrogen-bond acceptors (Lipinski definition) is 4. The number of allylic oxidation sites excluding steroid dienone is 2. The van der Waals surface area contributed by atoms with Crippen molar-refractivity contribution in [3.05, 3.63) is 34.4 Å². The molecule has 1 N–H and O–H groups in total. The molecule has 1 heterocycles. The predicted octanol–water partition coefficient (Wildman–Crippen LogP) is 0.423. The number of nitrogens with one attached hydrogen (secondary N) is 1. The molecule has 1 atom stereocenters. The quantitative estimate of drug-likeness (QED) is 0.556. The van der Waals surface area contributed by atoms with Crippen LogP contribution < -0.4 is 5.32 Å². The highest BCUT2D eigenvalue weighted by molar-refractivity contribution is 5.18. The minimum Gasteiger partial charge on any atom is -0.314 e. The van der Waals surface area contributed by atoms with Crippen LogP contribution in [0.25, 0.3) is 0 Å². The Morgan fingerprint density at radius 1 is 1.38 bits per heavy atom. The summed E-state index contributed by atoms with van der Waals surface area (Å²) in [4.78, 5) is 13.3. The maximum Gasteiger partial charge on any atom is 0.256 e. The van der Waals surface area contributed by atoms with Crippen LogP contribution in [0.2, 0.25) is 0 Å². The molecule has 16 heavy (non-hydrogen) atoms. The molecule has 0 saturated carbocycles. The summed E-state index contributed by atoms with van der Waals surface area (Å²) in [5.41, 5.74) is -0.911. The van der Waals surface area contributed by atoms with Crippen LogP contribution in [-0.2, 0) is 0 Å². The zero-order valence-electron chi connectivity index (χ0n) is 9.26. The first-order valence-corrected chi connectivity index (χ1v) is 5.65. The van der Waals surface area contributed by atoms with Gasteiger partial charge in [0.05, 0.1) is 6.54 Å². The third-order valence-corrected chi connectivity index (χ3v) is 3.20. The summed E-state index contributed by atoms with van der Waals surface area (Å²) >= 11 is 0. The Bertz CT molecular complexity index is 321. The van der Waals surface area contributed by atoms with Gasteiger partial charge in [-0.2, -0.15) is 0 Å². The van der Waals surface area contributed by atoms with Gasteiger partial charge >= 0.3 is 0 Å². The first-order chi connectivity index (χ1) is 7.73. The van der Waals surface area contributed by atoms with Gasteiger partial charge in [0.2, 0.25) is 0 Å². The van der Waals surface area contributed by atoms with Crippen molar-refractivity contribution in [2.75, 3.05) is 32.7 Å². The molecule has 1 aliphatic heterocycles. The number of rotatable bonds is 3. The van der Waals surface area contributed by atoms with E-state index in [4.69, 9.17) is 0 Å². The summed E-state index contributed by atoms with van der Waals surface area (Å²) in [7, 11) is 0. The van der Waals surface area contributed by atoms with E-state index in [0.29, 0.717) is 13.0 Å². The molecule has 2 rings (SSSR count). The zero-order chi connectivity index (χ0) is 11.4. The van der Waals surface area contributed by atoms with Crippen molar-refractivity contribution < 1.29 is 4.92 Å². The average Bonchev–Trinajstić information content (AvgIpc) is 2.31. The van der Waals surface area contributed by atoms with E-state index in [9.17, 15) is 10.1 Å². The normalized spacial score (nSPS) is 30.5. The summed E-state index contributed by atoms with van der Waals surface area (Å²) in [5, 5.41) is 14.5. The number of nitro groups is 1. The molecule has 5 heteroatoms. The Balaban J connectivity index is 2.05. The molecule has 0 radical (unpaired) electrons. The van der Waals surface area contributed by atoms with Gasteiger partial charge in [0, 0.05) is 37.5 Å². The van der Waals surface area contributed by atoms with E-state index in [2.05, 4.69) is 10.2 Å². The number of nitrogens with zero attached hydrogens (tertiary/aromatic N) is 2. The van der Waals surface area contributed by atoms with Crippen molar-refractivity contribution in [1.29, 1.82) is 0 Å². The summed E-state index contributed by atoms with van der Waals surface area (Å²) in [5.74, 6) is 0. The van der Waals surface area contributed by atoms with Gasteiger partial charge in [0.15, 0.2) is 0 Å². The second-order valence-electron chi connectivity index (χ2n) is 4.38. The van der Waals surface area contributed by atoms with E-state index in [1.54, 1.807) is 12.2 Å². The summed E-state index contributed by atoms with van der Waals surface area (Å²) < 4.78 is 0. The Hall–Kier alpha value is -1.20. The molecule has 5 nitrogen and oxygen atoms in total. The summed E-state index contributed by atoms with van der Waals surface area (Å²) in [6.45, 7) is 4.16. The van der Waals surface area contributed by atoms with Crippen LogP contribution in [0.1, 0.15) is 6.42 Å².